The number of benzene rings is 2. The number of aromatic amines is 1. The second kappa shape index (κ2) is 9.78. The Bertz CT molecular complexity index is 1190. The second-order valence-electron chi connectivity index (χ2n) is 8.37. The molecule has 1 aromatic heterocycles. The lowest BCUT2D eigenvalue weighted by Crippen LogP contribution is -3.12. The Morgan fingerprint density at radius 3 is 2.25 bits per heavy atom. The number of H-pyrrole nitrogens is 1. The van der Waals surface area contributed by atoms with Gasteiger partial charge < -0.3 is 14.6 Å². The molecule has 1 aliphatic rings. The van der Waals surface area contributed by atoms with Crippen LogP contribution in [0.15, 0.2) is 75.2 Å². The minimum Gasteiger partial charge on any atom is -0.859 e. The average molecular weight is 433 g/mol. The molecule has 0 spiro atoms. The summed E-state index contributed by atoms with van der Waals surface area (Å²) in [6.07, 6.45) is 1.80. The van der Waals surface area contributed by atoms with Crippen LogP contribution in [-0.2, 0) is 13.1 Å². The summed E-state index contributed by atoms with van der Waals surface area (Å²) in [5, 5.41) is 13.0. The van der Waals surface area contributed by atoms with Gasteiger partial charge in [-0.3, -0.25) is 14.8 Å². The van der Waals surface area contributed by atoms with Gasteiger partial charge in [0.15, 0.2) is 0 Å². The van der Waals surface area contributed by atoms with Gasteiger partial charge in [0.1, 0.15) is 6.54 Å². The quantitative estimate of drug-likeness (QED) is 0.562. The molecule has 0 amide bonds. The van der Waals surface area contributed by atoms with Crippen molar-refractivity contribution in [3.63, 3.8) is 0 Å². The van der Waals surface area contributed by atoms with Crippen molar-refractivity contribution in [2.24, 2.45) is 4.99 Å². The number of quaternary nitrogens is 1. The number of aliphatic imine (C=N–C) groups is 1. The molecule has 7 nitrogen and oxygen atoms in total. The van der Waals surface area contributed by atoms with E-state index in [0.29, 0.717) is 5.71 Å². The number of likely N-dealkylation sites (tertiary alicyclic amines) is 1. The van der Waals surface area contributed by atoms with E-state index in [9.17, 15) is 14.7 Å². The highest BCUT2D eigenvalue weighted by Crippen LogP contribution is 2.13. The van der Waals surface area contributed by atoms with E-state index in [1.807, 2.05) is 36.4 Å². The molecule has 0 atom stereocenters. The predicted molar refractivity (Wildman–Crippen MR) is 122 cm³/mol. The van der Waals surface area contributed by atoms with Crippen LogP contribution >= 0.6 is 0 Å². The Labute approximate surface area is 186 Å². The average Bonchev–Trinajstić information content (AvgIpc) is 2.79. The first-order chi connectivity index (χ1) is 15.5. The molecular formula is C25H28N4O3. The van der Waals surface area contributed by atoms with Crippen molar-refractivity contribution in [2.45, 2.75) is 38.9 Å². The van der Waals surface area contributed by atoms with Crippen LogP contribution < -0.4 is 21.3 Å². The summed E-state index contributed by atoms with van der Waals surface area (Å²) >= 11 is 0. The van der Waals surface area contributed by atoms with Crippen molar-refractivity contribution >= 4 is 5.71 Å². The van der Waals surface area contributed by atoms with Crippen molar-refractivity contribution in [3.8, 4) is 5.88 Å². The van der Waals surface area contributed by atoms with E-state index in [1.54, 1.807) is 6.92 Å². The first kappa shape index (κ1) is 21.8. The van der Waals surface area contributed by atoms with E-state index in [2.05, 4.69) is 29.2 Å². The Morgan fingerprint density at radius 1 is 1.03 bits per heavy atom. The fourth-order valence-electron chi connectivity index (χ4n) is 4.32. The molecular weight excluding hydrogens is 404 g/mol. The number of nitrogens with one attached hydrogen (secondary N) is 2. The van der Waals surface area contributed by atoms with Gasteiger partial charge in [0, 0.05) is 24.1 Å². The smallest absolute Gasteiger partial charge is 0.328 e. The van der Waals surface area contributed by atoms with Gasteiger partial charge in [0.05, 0.1) is 31.2 Å². The maximum absolute atomic E-state index is 13.0. The van der Waals surface area contributed by atoms with Crippen LogP contribution in [0.4, 0.5) is 0 Å². The summed E-state index contributed by atoms with van der Waals surface area (Å²) in [7, 11) is 0. The minimum atomic E-state index is -0.696. The fourth-order valence-corrected chi connectivity index (χ4v) is 4.32. The molecule has 0 unspecified atom stereocenters. The van der Waals surface area contributed by atoms with Gasteiger partial charge in [-0.1, -0.05) is 60.7 Å². The number of nitrogens with zero attached hydrogens (tertiary/aromatic N) is 2. The summed E-state index contributed by atoms with van der Waals surface area (Å²) in [6.45, 7) is 4.77. The van der Waals surface area contributed by atoms with Crippen molar-refractivity contribution < 1.29 is 10.0 Å². The first-order valence-electron chi connectivity index (χ1n) is 11.0. The molecule has 3 aromatic rings. The van der Waals surface area contributed by atoms with Crippen molar-refractivity contribution in [1.82, 2.24) is 9.55 Å². The third-order valence-electron chi connectivity index (χ3n) is 6.03. The van der Waals surface area contributed by atoms with Crippen molar-refractivity contribution in [1.29, 1.82) is 0 Å². The van der Waals surface area contributed by atoms with Crippen LogP contribution in [0.2, 0.25) is 0 Å². The zero-order valence-electron chi connectivity index (χ0n) is 18.2. The lowest BCUT2D eigenvalue weighted by molar-refractivity contribution is -0.918. The number of hydrogen-bond donors (Lipinski definition) is 2. The summed E-state index contributed by atoms with van der Waals surface area (Å²) < 4.78 is 1.07. The lowest BCUT2D eigenvalue weighted by Gasteiger charge is -2.28. The molecule has 2 aromatic carbocycles. The molecule has 0 bridgehead atoms. The molecule has 2 N–H and O–H groups in total. The van der Waals surface area contributed by atoms with E-state index in [4.69, 9.17) is 4.99 Å². The molecule has 0 radical (unpaired) electrons. The summed E-state index contributed by atoms with van der Waals surface area (Å²) in [6, 6.07) is 19.7. The highest BCUT2D eigenvalue weighted by atomic mass is 16.3. The van der Waals surface area contributed by atoms with E-state index in [-0.39, 0.29) is 18.2 Å². The molecule has 7 heteroatoms. The summed E-state index contributed by atoms with van der Waals surface area (Å²) in [5.74, 6) is -0.587. The van der Waals surface area contributed by atoms with Gasteiger partial charge in [-0.25, -0.2) is 4.79 Å². The van der Waals surface area contributed by atoms with Gasteiger partial charge in [0.2, 0.25) is 0 Å². The van der Waals surface area contributed by atoms with Gasteiger partial charge in [-0.2, -0.15) is 0 Å². The monoisotopic (exact) mass is 432 g/mol. The van der Waals surface area contributed by atoms with Crippen LogP contribution in [-0.4, -0.2) is 34.4 Å². The van der Waals surface area contributed by atoms with E-state index >= 15 is 0 Å². The zero-order chi connectivity index (χ0) is 22.5. The van der Waals surface area contributed by atoms with Crippen LogP contribution in [0.25, 0.3) is 0 Å². The zero-order valence-corrected chi connectivity index (χ0v) is 18.2. The molecule has 2 heterocycles. The maximum atomic E-state index is 13.0. The molecule has 0 aliphatic carbocycles. The Balaban J connectivity index is 1.49. The van der Waals surface area contributed by atoms with Crippen LogP contribution in [0.5, 0.6) is 5.88 Å². The SMILES string of the molecule is CC(=NC1CC[NH+](Cc2ccccc2)CC1)c1c([O-])n(Cc2ccccc2)c(=O)[nH]c1=O. The van der Waals surface area contributed by atoms with E-state index in [0.717, 1.165) is 42.6 Å². The molecule has 1 fully saturated rings. The van der Waals surface area contributed by atoms with Crippen LogP contribution in [0, 0.1) is 0 Å². The number of rotatable bonds is 6. The minimum absolute atomic E-state index is 0.0420. The molecule has 32 heavy (non-hydrogen) atoms. The van der Waals surface area contributed by atoms with E-state index in [1.165, 1.54) is 10.5 Å². The molecule has 0 saturated carbocycles. The van der Waals surface area contributed by atoms with E-state index < -0.39 is 17.1 Å². The normalized spacial score (nSPS) is 19.1. The van der Waals surface area contributed by atoms with Gasteiger partial charge in [-0.15, -0.1) is 0 Å². The largest absolute Gasteiger partial charge is 0.859 e. The third-order valence-corrected chi connectivity index (χ3v) is 6.03. The first-order valence-corrected chi connectivity index (χ1v) is 11.0. The number of piperidine rings is 1. The lowest BCUT2D eigenvalue weighted by atomic mass is 10.0. The molecule has 4 rings (SSSR count). The second-order valence-corrected chi connectivity index (χ2v) is 8.37. The molecule has 1 aliphatic heterocycles. The predicted octanol–water partition coefficient (Wildman–Crippen LogP) is 0.715. The van der Waals surface area contributed by atoms with Crippen molar-refractivity contribution in [2.75, 3.05) is 13.1 Å². The standard InChI is InChI=1S/C25H28N4O3/c1-18(26-21-12-14-28(15-13-21)16-19-8-4-2-5-9-19)22-23(30)27-25(32)29(24(22)31)17-20-10-6-3-7-11-20/h2-11,21,31H,12-17H2,1H3,(H,27,30,32). The fraction of sp³-hybridized carbons (Fsp3) is 0.320. The number of aromatic nitrogens is 2. The summed E-state index contributed by atoms with van der Waals surface area (Å²) in [4.78, 5) is 33.2. The Hall–Kier alpha value is -3.45. The molecule has 1 saturated heterocycles. The number of hydrogen-bond acceptors (Lipinski definition) is 4. The highest BCUT2D eigenvalue weighted by molar-refractivity contribution is 6.00. The highest BCUT2D eigenvalue weighted by Gasteiger charge is 2.22. The van der Waals surface area contributed by atoms with Crippen LogP contribution in [0.3, 0.4) is 0 Å². The van der Waals surface area contributed by atoms with Crippen LogP contribution in [0.1, 0.15) is 36.5 Å². The van der Waals surface area contributed by atoms with Crippen molar-refractivity contribution in [3.05, 3.63) is 98.2 Å². The maximum Gasteiger partial charge on any atom is 0.328 e. The van der Waals surface area contributed by atoms with Gasteiger partial charge in [-0.05, 0) is 18.4 Å². The van der Waals surface area contributed by atoms with Gasteiger partial charge in [0.25, 0.3) is 5.56 Å². The Morgan fingerprint density at radius 2 is 1.62 bits per heavy atom. The third kappa shape index (κ3) is 5.06. The topological polar surface area (TPSA) is 94.7 Å². The summed E-state index contributed by atoms with van der Waals surface area (Å²) in [5.41, 5.74) is 1.13. The molecule has 166 valence electrons. The van der Waals surface area contributed by atoms with Gasteiger partial charge >= 0.3 is 5.69 Å². The Kier molecular flexibility index (Phi) is 6.66.